The first kappa shape index (κ1) is 9.62. The normalized spacial score (nSPS) is 30.5. The van der Waals surface area contributed by atoms with Crippen LogP contribution in [-0.4, -0.2) is 17.1 Å². The third-order valence-corrected chi connectivity index (χ3v) is 2.49. The molecule has 0 spiro atoms. The first-order valence-electron chi connectivity index (χ1n) is 4.89. The predicted molar refractivity (Wildman–Crippen MR) is 54.8 cm³/mol. The number of hydrogen-bond donors (Lipinski definition) is 1. The third kappa shape index (κ3) is 1.65. The van der Waals surface area contributed by atoms with Gasteiger partial charge in [-0.25, -0.2) is 0 Å². The van der Waals surface area contributed by atoms with Gasteiger partial charge < -0.3 is 4.74 Å². The van der Waals surface area contributed by atoms with Crippen LogP contribution >= 0.6 is 0 Å². The van der Waals surface area contributed by atoms with Crippen LogP contribution in [0.4, 0.5) is 0 Å². The highest BCUT2D eigenvalue weighted by Gasteiger charge is 2.42. The Bertz CT molecular complexity index is 323. The second kappa shape index (κ2) is 3.04. The number of aromatic nitrogens is 1. The molecular formula is C11H16N2O. The van der Waals surface area contributed by atoms with E-state index in [4.69, 9.17) is 4.74 Å². The van der Waals surface area contributed by atoms with Crippen molar-refractivity contribution in [3.63, 3.8) is 0 Å². The number of nitrogens with zero attached hydrogens (tertiary/aromatic N) is 1. The van der Waals surface area contributed by atoms with Gasteiger partial charge >= 0.3 is 0 Å². The van der Waals surface area contributed by atoms with Crippen molar-refractivity contribution in [2.75, 3.05) is 6.54 Å². The number of hydrogen-bond acceptors (Lipinski definition) is 3. The molecule has 2 rings (SSSR count). The summed E-state index contributed by atoms with van der Waals surface area (Å²) in [5, 5.41) is 3.35. The Morgan fingerprint density at radius 1 is 1.36 bits per heavy atom. The summed E-state index contributed by atoms with van der Waals surface area (Å²) in [7, 11) is 0. The summed E-state index contributed by atoms with van der Waals surface area (Å²) in [4.78, 5) is 4.31. The van der Waals surface area contributed by atoms with Crippen molar-refractivity contribution in [1.29, 1.82) is 0 Å². The smallest absolute Gasteiger partial charge is 0.160 e. The Labute approximate surface area is 84.5 Å². The number of ether oxygens (including phenoxy) is 1. The molecule has 0 aliphatic carbocycles. The van der Waals surface area contributed by atoms with Crippen molar-refractivity contribution >= 4 is 0 Å². The lowest BCUT2D eigenvalue weighted by Crippen LogP contribution is -2.35. The topological polar surface area (TPSA) is 34.2 Å². The van der Waals surface area contributed by atoms with Crippen LogP contribution in [0.15, 0.2) is 24.4 Å². The molecule has 1 fully saturated rings. The largest absolute Gasteiger partial charge is 0.348 e. The fourth-order valence-corrected chi connectivity index (χ4v) is 1.79. The Morgan fingerprint density at radius 2 is 2.14 bits per heavy atom. The van der Waals surface area contributed by atoms with E-state index in [1.54, 1.807) is 6.20 Å². The van der Waals surface area contributed by atoms with E-state index in [-0.39, 0.29) is 5.60 Å². The van der Waals surface area contributed by atoms with E-state index in [1.165, 1.54) is 0 Å². The Morgan fingerprint density at radius 3 is 2.64 bits per heavy atom. The van der Waals surface area contributed by atoms with Gasteiger partial charge in [0.15, 0.2) is 5.72 Å². The molecule has 14 heavy (non-hydrogen) atoms. The van der Waals surface area contributed by atoms with Crippen molar-refractivity contribution in [3.8, 4) is 0 Å². The molecule has 1 aromatic rings. The SMILES string of the molecule is CC1(C)CNC(C)(c2ccccn2)O1. The molecule has 0 radical (unpaired) electrons. The monoisotopic (exact) mass is 192 g/mol. The van der Waals surface area contributed by atoms with Gasteiger partial charge in [-0.15, -0.1) is 0 Å². The van der Waals surface area contributed by atoms with E-state index in [2.05, 4.69) is 24.1 Å². The Hall–Kier alpha value is -0.930. The van der Waals surface area contributed by atoms with Crippen LogP contribution in [-0.2, 0) is 10.5 Å². The second-order valence-electron chi connectivity index (χ2n) is 4.46. The molecule has 1 N–H and O–H groups in total. The molecule has 1 aliphatic heterocycles. The average molecular weight is 192 g/mol. The van der Waals surface area contributed by atoms with E-state index in [9.17, 15) is 0 Å². The summed E-state index contributed by atoms with van der Waals surface area (Å²) < 4.78 is 5.95. The lowest BCUT2D eigenvalue weighted by Gasteiger charge is -2.26. The number of nitrogens with one attached hydrogen (secondary N) is 1. The van der Waals surface area contributed by atoms with Crippen LogP contribution in [0.1, 0.15) is 26.5 Å². The molecule has 1 aromatic heterocycles. The first-order valence-corrected chi connectivity index (χ1v) is 4.89. The maximum Gasteiger partial charge on any atom is 0.160 e. The standard InChI is InChI=1S/C11H16N2O/c1-10(2)8-13-11(3,14-10)9-6-4-5-7-12-9/h4-7,13H,8H2,1-3H3. The third-order valence-electron chi connectivity index (χ3n) is 2.49. The molecular weight excluding hydrogens is 176 g/mol. The molecule has 1 aliphatic rings. The van der Waals surface area contributed by atoms with Gasteiger partial charge in [0.05, 0.1) is 11.3 Å². The lowest BCUT2D eigenvalue weighted by molar-refractivity contribution is -0.0863. The Balaban J connectivity index is 2.27. The van der Waals surface area contributed by atoms with E-state index in [0.717, 1.165) is 12.2 Å². The van der Waals surface area contributed by atoms with Crippen molar-refractivity contribution in [3.05, 3.63) is 30.1 Å². The number of pyridine rings is 1. The molecule has 3 nitrogen and oxygen atoms in total. The fourth-order valence-electron chi connectivity index (χ4n) is 1.79. The highest BCUT2D eigenvalue weighted by Crippen LogP contribution is 2.31. The lowest BCUT2D eigenvalue weighted by atomic mass is 10.1. The molecule has 1 saturated heterocycles. The summed E-state index contributed by atoms with van der Waals surface area (Å²) in [6.45, 7) is 7.02. The van der Waals surface area contributed by atoms with Crippen molar-refractivity contribution in [2.45, 2.75) is 32.1 Å². The Kier molecular flexibility index (Phi) is 2.09. The molecule has 76 valence electrons. The molecule has 0 amide bonds. The predicted octanol–water partition coefficient (Wildman–Crippen LogP) is 1.65. The van der Waals surface area contributed by atoms with Crippen LogP contribution < -0.4 is 5.32 Å². The average Bonchev–Trinajstić information content (AvgIpc) is 2.44. The van der Waals surface area contributed by atoms with Gasteiger partial charge in [-0.2, -0.15) is 0 Å². The minimum atomic E-state index is -0.440. The van der Waals surface area contributed by atoms with Crippen LogP contribution in [0.3, 0.4) is 0 Å². The zero-order valence-corrected chi connectivity index (χ0v) is 8.87. The highest BCUT2D eigenvalue weighted by molar-refractivity contribution is 5.13. The van der Waals surface area contributed by atoms with Gasteiger partial charge in [-0.05, 0) is 32.9 Å². The molecule has 2 heterocycles. The highest BCUT2D eigenvalue weighted by atomic mass is 16.5. The summed E-state index contributed by atoms with van der Waals surface area (Å²) in [6, 6.07) is 5.87. The molecule has 0 aromatic carbocycles. The zero-order valence-electron chi connectivity index (χ0n) is 8.87. The molecule has 1 unspecified atom stereocenters. The van der Waals surface area contributed by atoms with E-state index < -0.39 is 5.72 Å². The van der Waals surface area contributed by atoms with Crippen molar-refractivity contribution < 1.29 is 4.74 Å². The van der Waals surface area contributed by atoms with Gasteiger partial charge in [0.2, 0.25) is 0 Å². The maximum atomic E-state index is 5.95. The minimum absolute atomic E-state index is 0.119. The molecule has 0 bridgehead atoms. The van der Waals surface area contributed by atoms with Crippen molar-refractivity contribution in [2.24, 2.45) is 0 Å². The molecule has 0 saturated carbocycles. The summed E-state index contributed by atoms with van der Waals surface area (Å²) in [5.74, 6) is 0. The number of rotatable bonds is 1. The molecule has 1 atom stereocenters. The van der Waals surface area contributed by atoms with E-state index in [0.29, 0.717) is 0 Å². The summed E-state index contributed by atoms with van der Waals surface area (Å²) in [5.41, 5.74) is 0.377. The van der Waals surface area contributed by atoms with Crippen LogP contribution in [0.25, 0.3) is 0 Å². The maximum absolute atomic E-state index is 5.95. The van der Waals surface area contributed by atoms with E-state index >= 15 is 0 Å². The zero-order chi connectivity index (χ0) is 10.2. The van der Waals surface area contributed by atoms with Crippen LogP contribution in [0, 0.1) is 0 Å². The molecule has 3 heteroatoms. The summed E-state index contributed by atoms with van der Waals surface area (Å²) >= 11 is 0. The quantitative estimate of drug-likeness (QED) is 0.734. The first-order chi connectivity index (χ1) is 6.52. The summed E-state index contributed by atoms with van der Waals surface area (Å²) in [6.07, 6.45) is 1.79. The van der Waals surface area contributed by atoms with Gasteiger partial charge in [0.1, 0.15) is 0 Å². The van der Waals surface area contributed by atoms with Gasteiger partial charge in [0.25, 0.3) is 0 Å². The second-order valence-corrected chi connectivity index (χ2v) is 4.46. The van der Waals surface area contributed by atoms with Crippen molar-refractivity contribution in [1.82, 2.24) is 10.3 Å². The van der Waals surface area contributed by atoms with Gasteiger partial charge in [0, 0.05) is 12.7 Å². The van der Waals surface area contributed by atoms with Crippen LogP contribution in [0.5, 0.6) is 0 Å². The van der Waals surface area contributed by atoms with Gasteiger partial charge in [-0.1, -0.05) is 6.07 Å². The fraction of sp³-hybridized carbons (Fsp3) is 0.545. The van der Waals surface area contributed by atoms with Gasteiger partial charge in [-0.3, -0.25) is 10.3 Å². The van der Waals surface area contributed by atoms with E-state index in [1.807, 2.05) is 25.1 Å². The minimum Gasteiger partial charge on any atom is -0.348 e. The van der Waals surface area contributed by atoms with Crippen LogP contribution in [0.2, 0.25) is 0 Å².